The number of β-amino-alcohol motifs (C(OH)–C–C–N with tert-alkyl or cyclic N) is 1. The molecule has 0 unspecified atom stereocenters. The quantitative estimate of drug-likeness (QED) is 0.596. The molecular weight excluding hydrogens is 447 g/mol. The summed E-state index contributed by atoms with van der Waals surface area (Å²) in [4.78, 5) is 2.33. The number of aromatic nitrogens is 3. The van der Waals surface area contributed by atoms with Crippen molar-refractivity contribution in [3.05, 3.63) is 69.2 Å². The van der Waals surface area contributed by atoms with Gasteiger partial charge in [-0.05, 0) is 81.6 Å². The van der Waals surface area contributed by atoms with Crippen molar-refractivity contribution in [2.24, 2.45) is 0 Å². The van der Waals surface area contributed by atoms with E-state index in [1.54, 1.807) is 6.07 Å². The third-order valence-corrected chi connectivity index (χ3v) is 7.06. The maximum Gasteiger partial charge on any atom is 0.140 e. The minimum Gasteiger partial charge on any atom is -0.484 e. The molecule has 0 amide bonds. The fraction of sp³-hybridized carbons (Fsp3) is 0.417. The summed E-state index contributed by atoms with van der Waals surface area (Å²) >= 11 is 12.9. The molecule has 5 rings (SSSR count). The second-order valence-electron chi connectivity index (χ2n) is 8.68. The molecule has 6 nitrogen and oxygen atoms in total. The highest BCUT2D eigenvalue weighted by Gasteiger charge is 2.40. The molecule has 8 heteroatoms. The normalized spacial score (nSPS) is 23.3. The van der Waals surface area contributed by atoms with Gasteiger partial charge in [-0.1, -0.05) is 23.2 Å². The number of benzene rings is 2. The van der Waals surface area contributed by atoms with Crippen molar-refractivity contribution >= 4 is 23.2 Å². The molecule has 1 aliphatic carbocycles. The average Bonchev–Trinajstić information content (AvgIpc) is 3.29. The summed E-state index contributed by atoms with van der Waals surface area (Å²) in [5.41, 5.74) is 3.10. The Balaban J connectivity index is 1.45. The molecule has 2 aromatic carbocycles. The van der Waals surface area contributed by atoms with Gasteiger partial charge in [0.2, 0.25) is 0 Å². The molecule has 0 radical (unpaired) electrons. The topological polar surface area (TPSA) is 63.4 Å². The van der Waals surface area contributed by atoms with Crippen LogP contribution in [0, 0.1) is 13.8 Å². The number of nitrogens with zero attached hydrogens (tertiary/aromatic N) is 4. The minimum absolute atomic E-state index is 0.0953. The number of aliphatic hydroxyl groups is 1. The van der Waals surface area contributed by atoms with E-state index in [9.17, 15) is 5.11 Å². The van der Waals surface area contributed by atoms with Crippen molar-refractivity contribution in [1.82, 2.24) is 19.7 Å². The summed E-state index contributed by atoms with van der Waals surface area (Å²) in [7, 11) is 0. The van der Waals surface area contributed by atoms with Crippen molar-refractivity contribution in [2.75, 3.05) is 13.1 Å². The molecule has 0 bridgehead atoms. The van der Waals surface area contributed by atoms with Gasteiger partial charge in [0, 0.05) is 27.8 Å². The lowest BCUT2D eigenvalue weighted by Crippen LogP contribution is -2.47. The van der Waals surface area contributed by atoms with Crippen molar-refractivity contribution in [1.29, 1.82) is 0 Å². The third kappa shape index (κ3) is 4.01. The third-order valence-electron chi connectivity index (χ3n) is 6.51. The van der Waals surface area contributed by atoms with E-state index in [0.717, 1.165) is 60.0 Å². The smallest absolute Gasteiger partial charge is 0.140 e. The Morgan fingerprint density at radius 3 is 2.47 bits per heavy atom. The number of halogens is 2. The van der Waals surface area contributed by atoms with Crippen LogP contribution in [0.2, 0.25) is 10.0 Å². The van der Waals surface area contributed by atoms with Crippen molar-refractivity contribution in [3.63, 3.8) is 0 Å². The number of ether oxygens (including phenoxy) is 1. The maximum atomic E-state index is 10.3. The highest BCUT2D eigenvalue weighted by atomic mass is 35.5. The first-order valence-electron chi connectivity index (χ1n) is 11.0. The van der Waals surface area contributed by atoms with Crippen LogP contribution in [-0.2, 0) is 6.42 Å². The van der Waals surface area contributed by atoms with Crippen LogP contribution in [0.5, 0.6) is 5.75 Å². The van der Waals surface area contributed by atoms with Crippen LogP contribution in [-0.4, -0.2) is 50.0 Å². The highest BCUT2D eigenvalue weighted by Crippen LogP contribution is 2.43. The summed E-state index contributed by atoms with van der Waals surface area (Å²) in [6.45, 7) is 5.46. The van der Waals surface area contributed by atoms with Crippen LogP contribution in [0.15, 0.2) is 36.4 Å². The fourth-order valence-corrected chi connectivity index (χ4v) is 5.61. The Morgan fingerprint density at radius 2 is 1.78 bits per heavy atom. The molecular formula is C24H26Cl2N4O2. The van der Waals surface area contributed by atoms with E-state index < -0.39 is 0 Å². The zero-order chi connectivity index (χ0) is 22.4. The molecule has 3 atom stereocenters. The van der Waals surface area contributed by atoms with Gasteiger partial charge in [0.1, 0.15) is 23.5 Å². The number of aryl methyl sites for hydroxylation is 2. The molecule has 1 aromatic heterocycles. The number of fused-ring (bicyclic) bond motifs is 1. The molecule has 1 fully saturated rings. The predicted octanol–water partition coefficient (Wildman–Crippen LogP) is 4.69. The van der Waals surface area contributed by atoms with Gasteiger partial charge in [-0.3, -0.25) is 9.47 Å². The number of likely N-dealkylation sites (tertiary alicyclic amines) is 1. The minimum atomic E-state index is -0.304. The second-order valence-corrected chi connectivity index (χ2v) is 9.52. The molecule has 0 spiro atoms. The largest absolute Gasteiger partial charge is 0.484 e. The maximum absolute atomic E-state index is 10.3. The monoisotopic (exact) mass is 472 g/mol. The first-order valence-corrected chi connectivity index (χ1v) is 11.7. The van der Waals surface area contributed by atoms with E-state index >= 15 is 0 Å². The van der Waals surface area contributed by atoms with Crippen LogP contribution in [0.3, 0.4) is 0 Å². The first kappa shape index (κ1) is 21.7. The van der Waals surface area contributed by atoms with Crippen molar-refractivity contribution in [2.45, 2.75) is 51.4 Å². The van der Waals surface area contributed by atoms with Crippen molar-refractivity contribution in [3.8, 4) is 11.4 Å². The molecule has 1 aliphatic heterocycles. The van der Waals surface area contributed by atoms with Crippen LogP contribution in [0.4, 0.5) is 0 Å². The Kier molecular flexibility index (Phi) is 5.88. The van der Waals surface area contributed by atoms with Gasteiger partial charge in [-0.15, -0.1) is 10.2 Å². The first-order chi connectivity index (χ1) is 15.4. The Hall–Kier alpha value is -2.12. The Labute approximate surface area is 197 Å². The van der Waals surface area contributed by atoms with Crippen molar-refractivity contribution < 1.29 is 9.84 Å². The molecule has 3 aromatic rings. The van der Waals surface area contributed by atoms with Gasteiger partial charge < -0.3 is 9.84 Å². The van der Waals surface area contributed by atoms with E-state index in [4.69, 9.17) is 27.9 Å². The molecule has 0 saturated carbocycles. The summed E-state index contributed by atoms with van der Waals surface area (Å²) < 4.78 is 8.57. The van der Waals surface area contributed by atoms with E-state index in [1.165, 1.54) is 0 Å². The van der Waals surface area contributed by atoms with E-state index in [0.29, 0.717) is 16.6 Å². The Morgan fingerprint density at radius 1 is 1.06 bits per heavy atom. The van der Waals surface area contributed by atoms with E-state index in [1.807, 2.05) is 48.7 Å². The highest BCUT2D eigenvalue weighted by molar-refractivity contribution is 6.35. The van der Waals surface area contributed by atoms with Crippen LogP contribution in [0.25, 0.3) is 5.69 Å². The van der Waals surface area contributed by atoms with Gasteiger partial charge in [-0.2, -0.15) is 0 Å². The molecule has 2 heterocycles. The second kappa shape index (κ2) is 8.67. The summed E-state index contributed by atoms with van der Waals surface area (Å²) in [5, 5.41) is 19.8. The number of rotatable bonds is 4. The zero-order valence-corrected chi connectivity index (χ0v) is 19.6. The van der Waals surface area contributed by atoms with Gasteiger partial charge in [0.25, 0.3) is 0 Å². The van der Waals surface area contributed by atoms with Gasteiger partial charge >= 0.3 is 0 Å². The van der Waals surface area contributed by atoms with Crippen LogP contribution in [0.1, 0.15) is 41.7 Å². The van der Waals surface area contributed by atoms with Gasteiger partial charge in [0.05, 0.1) is 12.1 Å². The number of aliphatic hydroxyl groups excluding tert-OH is 1. The number of hydrogen-bond donors (Lipinski definition) is 1. The number of hydrogen-bond acceptors (Lipinski definition) is 5. The van der Waals surface area contributed by atoms with E-state index in [2.05, 4.69) is 15.1 Å². The molecule has 1 saturated heterocycles. The van der Waals surface area contributed by atoms with E-state index in [-0.39, 0.29) is 18.2 Å². The van der Waals surface area contributed by atoms with Crippen LogP contribution >= 0.6 is 23.2 Å². The lowest BCUT2D eigenvalue weighted by molar-refractivity contribution is 0.0112. The lowest BCUT2D eigenvalue weighted by atomic mass is 10.0. The molecule has 32 heavy (non-hydrogen) atoms. The van der Waals surface area contributed by atoms with Crippen LogP contribution < -0.4 is 4.74 Å². The summed E-state index contributed by atoms with van der Waals surface area (Å²) in [5.74, 6) is 2.46. The van der Waals surface area contributed by atoms with Gasteiger partial charge in [-0.25, -0.2) is 0 Å². The molecule has 2 aliphatic rings. The summed E-state index contributed by atoms with van der Waals surface area (Å²) in [6.07, 6.45) is 2.08. The van der Waals surface area contributed by atoms with Gasteiger partial charge in [0.15, 0.2) is 0 Å². The lowest BCUT2D eigenvalue weighted by Gasteiger charge is -2.37. The standard InChI is InChI=1S/C24H26Cl2N4O2/c1-14-27-28-15(2)30(14)17-5-7-19(8-6-17)32-24-21-10-16(25)11-22(26)20(21)12-23(24)29-9-3-4-18(31)13-29/h5-8,10-11,18,23-24,31H,3-4,9,12-13H2,1-2H3/t18-,23+,24+/m1/s1. The summed E-state index contributed by atoms with van der Waals surface area (Å²) in [6, 6.07) is 11.8. The predicted molar refractivity (Wildman–Crippen MR) is 125 cm³/mol. The zero-order valence-electron chi connectivity index (χ0n) is 18.1. The Bertz CT molecular complexity index is 1110. The SMILES string of the molecule is Cc1nnc(C)n1-c1ccc(O[C@H]2c3cc(Cl)cc(Cl)c3C[C@@H]2N2CCC[C@@H](O)C2)cc1. The molecule has 1 N–H and O–H groups in total. The number of piperidine rings is 1. The average molecular weight is 473 g/mol. The molecule has 168 valence electrons. The fourth-order valence-electron chi connectivity index (χ4n) is 5.03.